The van der Waals surface area contributed by atoms with Crippen molar-refractivity contribution in [2.75, 3.05) is 0 Å². The smallest absolute Gasteiger partial charge is 0.183 e. The van der Waals surface area contributed by atoms with Crippen molar-refractivity contribution in [2.24, 2.45) is 0 Å². The van der Waals surface area contributed by atoms with Crippen LogP contribution in [0.2, 0.25) is 0 Å². The predicted octanol–water partition coefficient (Wildman–Crippen LogP) is 3.99. The summed E-state index contributed by atoms with van der Waals surface area (Å²) in [5.74, 6) is 1.49. The molecule has 0 saturated heterocycles. The lowest BCUT2D eigenvalue weighted by Gasteiger charge is -2.08. The van der Waals surface area contributed by atoms with Crippen LogP contribution in [0, 0.1) is 6.92 Å². The van der Waals surface area contributed by atoms with Gasteiger partial charge in [0, 0.05) is 11.9 Å². The second kappa shape index (κ2) is 4.59. The van der Waals surface area contributed by atoms with Gasteiger partial charge in [-0.25, -0.2) is 9.97 Å². The van der Waals surface area contributed by atoms with Gasteiger partial charge in [-0.05, 0) is 48.9 Å². The van der Waals surface area contributed by atoms with Crippen molar-refractivity contribution in [3.8, 4) is 17.3 Å². The van der Waals surface area contributed by atoms with Crippen LogP contribution in [0.5, 0.6) is 0 Å². The molecule has 102 valence electrons. The molecular weight excluding hydrogens is 262 g/mol. The Balaban J connectivity index is 2.08. The Bertz CT molecular complexity index is 907. The molecule has 4 aromatic rings. The number of hydrogen-bond donors (Lipinski definition) is 0. The van der Waals surface area contributed by atoms with Gasteiger partial charge < -0.3 is 4.42 Å². The Morgan fingerprint density at radius 3 is 2.81 bits per heavy atom. The Labute approximate surface area is 121 Å². The lowest BCUT2D eigenvalue weighted by atomic mass is 10.2. The Hall–Kier alpha value is -2.88. The van der Waals surface area contributed by atoms with Gasteiger partial charge in [0.15, 0.2) is 17.2 Å². The monoisotopic (exact) mass is 275 g/mol. The fourth-order valence-electron chi connectivity index (χ4n) is 2.50. The van der Waals surface area contributed by atoms with E-state index in [-0.39, 0.29) is 0 Å². The molecule has 0 saturated carbocycles. The van der Waals surface area contributed by atoms with E-state index < -0.39 is 0 Å². The molecule has 0 aliphatic carbocycles. The summed E-state index contributed by atoms with van der Waals surface area (Å²) in [5, 5.41) is 0. The molecule has 0 bridgehead atoms. The highest BCUT2D eigenvalue weighted by Crippen LogP contribution is 2.27. The van der Waals surface area contributed by atoms with E-state index in [0.717, 1.165) is 28.4 Å². The molecule has 1 aromatic carbocycles. The van der Waals surface area contributed by atoms with Crippen LogP contribution in [0.15, 0.2) is 65.4 Å². The molecule has 4 rings (SSSR count). The molecule has 4 nitrogen and oxygen atoms in total. The van der Waals surface area contributed by atoms with E-state index in [4.69, 9.17) is 4.42 Å². The zero-order valence-corrected chi connectivity index (χ0v) is 11.5. The highest BCUT2D eigenvalue weighted by Gasteiger charge is 2.16. The average molecular weight is 275 g/mol. The third-order valence-corrected chi connectivity index (χ3v) is 3.42. The van der Waals surface area contributed by atoms with Crippen molar-refractivity contribution in [1.29, 1.82) is 0 Å². The number of fused-ring (bicyclic) bond motifs is 1. The summed E-state index contributed by atoms with van der Waals surface area (Å²) in [6.07, 6.45) is 3.44. The van der Waals surface area contributed by atoms with Crippen molar-refractivity contribution in [1.82, 2.24) is 14.5 Å². The van der Waals surface area contributed by atoms with Crippen molar-refractivity contribution < 1.29 is 4.42 Å². The topological polar surface area (TPSA) is 43.9 Å². The minimum atomic E-state index is 0.731. The molecule has 0 amide bonds. The Morgan fingerprint density at radius 2 is 2.00 bits per heavy atom. The fraction of sp³-hybridized carbons (Fsp3) is 0.0588. The van der Waals surface area contributed by atoms with E-state index in [9.17, 15) is 0 Å². The highest BCUT2D eigenvalue weighted by atomic mass is 16.3. The van der Waals surface area contributed by atoms with Crippen LogP contribution in [-0.2, 0) is 0 Å². The largest absolute Gasteiger partial charge is 0.461 e. The quantitative estimate of drug-likeness (QED) is 0.555. The van der Waals surface area contributed by atoms with Crippen molar-refractivity contribution in [2.45, 2.75) is 6.92 Å². The highest BCUT2D eigenvalue weighted by molar-refractivity contribution is 5.78. The van der Waals surface area contributed by atoms with E-state index in [2.05, 4.69) is 35.1 Å². The van der Waals surface area contributed by atoms with Gasteiger partial charge in [-0.3, -0.25) is 4.57 Å². The van der Waals surface area contributed by atoms with Gasteiger partial charge in [0.25, 0.3) is 0 Å². The number of aromatic nitrogens is 3. The first-order valence-electron chi connectivity index (χ1n) is 6.77. The number of imidazole rings is 1. The minimum Gasteiger partial charge on any atom is -0.461 e. The lowest BCUT2D eigenvalue weighted by molar-refractivity contribution is 0.576. The van der Waals surface area contributed by atoms with Gasteiger partial charge in [0.1, 0.15) is 5.52 Å². The molecule has 0 aliphatic heterocycles. The predicted molar refractivity (Wildman–Crippen MR) is 81.3 cm³/mol. The van der Waals surface area contributed by atoms with Crippen LogP contribution in [0.1, 0.15) is 5.56 Å². The van der Waals surface area contributed by atoms with Gasteiger partial charge in [-0.2, -0.15) is 0 Å². The van der Waals surface area contributed by atoms with Crippen LogP contribution in [0.25, 0.3) is 28.4 Å². The molecular formula is C17H13N3O. The van der Waals surface area contributed by atoms with Crippen LogP contribution < -0.4 is 0 Å². The van der Waals surface area contributed by atoms with E-state index in [1.165, 1.54) is 5.56 Å². The molecule has 0 N–H and O–H groups in total. The van der Waals surface area contributed by atoms with Crippen molar-refractivity contribution in [3.63, 3.8) is 0 Å². The van der Waals surface area contributed by atoms with Gasteiger partial charge >= 0.3 is 0 Å². The summed E-state index contributed by atoms with van der Waals surface area (Å²) >= 11 is 0. The number of aryl methyl sites for hydroxylation is 1. The second-order valence-electron chi connectivity index (χ2n) is 4.93. The van der Waals surface area contributed by atoms with E-state index in [0.29, 0.717) is 0 Å². The average Bonchev–Trinajstić information content (AvgIpc) is 3.14. The number of rotatable bonds is 2. The van der Waals surface area contributed by atoms with Gasteiger partial charge in [0.05, 0.1) is 6.26 Å². The SMILES string of the molecule is Cc1cccc(-n2c(-c3ccco3)nc3cccnc32)c1. The van der Waals surface area contributed by atoms with Gasteiger partial charge in [-0.1, -0.05) is 12.1 Å². The molecule has 0 aliphatic rings. The summed E-state index contributed by atoms with van der Waals surface area (Å²) in [5.41, 5.74) is 3.90. The summed E-state index contributed by atoms with van der Waals surface area (Å²) in [7, 11) is 0. The lowest BCUT2D eigenvalue weighted by Crippen LogP contribution is -1.98. The molecule has 0 spiro atoms. The summed E-state index contributed by atoms with van der Waals surface area (Å²) < 4.78 is 7.56. The summed E-state index contributed by atoms with van der Waals surface area (Å²) in [6, 6.07) is 15.9. The number of furan rings is 1. The molecule has 0 atom stereocenters. The van der Waals surface area contributed by atoms with Crippen LogP contribution in [0.3, 0.4) is 0 Å². The number of hydrogen-bond acceptors (Lipinski definition) is 3. The zero-order chi connectivity index (χ0) is 14.2. The van der Waals surface area contributed by atoms with Crippen molar-refractivity contribution >= 4 is 11.2 Å². The van der Waals surface area contributed by atoms with Gasteiger partial charge in [0.2, 0.25) is 0 Å². The summed E-state index contributed by atoms with van der Waals surface area (Å²) in [6.45, 7) is 2.07. The van der Waals surface area contributed by atoms with E-state index >= 15 is 0 Å². The Morgan fingerprint density at radius 1 is 1.05 bits per heavy atom. The first-order chi connectivity index (χ1) is 10.3. The normalized spacial score (nSPS) is 11.1. The van der Waals surface area contributed by atoms with Crippen LogP contribution >= 0.6 is 0 Å². The maximum absolute atomic E-state index is 5.53. The van der Waals surface area contributed by atoms with Crippen LogP contribution in [-0.4, -0.2) is 14.5 Å². The van der Waals surface area contributed by atoms with Gasteiger partial charge in [-0.15, -0.1) is 0 Å². The third-order valence-electron chi connectivity index (χ3n) is 3.42. The minimum absolute atomic E-state index is 0.731. The Kier molecular flexibility index (Phi) is 2.60. The first-order valence-corrected chi connectivity index (χ1v) is 6.77. The van der Waals surface area contributed by atoms with E-state index in [1.54, 1.807) is 12.5 Å². The fourth-order valence-corrected chi connectivity index (χ4v) is 2.50. The maximum Gasteiger partial charge on any atom is 0.183 e. The van der Waals surface area contributed by atoms with E-state index in [1.807, 2.05) is 34.9 Å². The van der Waals surface area contributed by atoms with Crippen molar-refractivity contribution in [3.05, 3.63) is 66.6 Å². The second-order valence-corrected chi connectivity index (χ2v) is 4.93. The zero-order valence-electron chi connectivity index (χ0n) is 11.5. The number of pyridine rings is 1. The molecule has 3 aromatic heterocycles. The molecule has 0 radical (unpaired) electrons. The standard InChI is InChI=1S/C17H13N3O/c1-12-5-2-6-13(11-12)20-16-14(7-3-9-18-16)19-17(20)15-8-4-10-21-15/h2-11H,1H3. The molecule has 3 heterocycles. The molecule has 0 fully saturated rings. The third kappa shape index (κ3) is 1.92. The first kappa shape index (κ1) is 11.9. The molecule has 21 heavy (non-hydrogen) atoms. The van der Waals surface area contributed by atoms with Crippen LogP contribution in [0.4, 0.5) is 0 Å². The summed E-state index contributed by atoms with van der Waals surface area (Å²) in [4.78, 5) is 9.14. The number of benzene rings is 1. The molecule has 4 heteroatoms. The number of nitrogens with zero attached hydrogens (tertiary/aromatic N) is 3. The maximum atomic E-state index is 5.53. The molecule has 0 unspecified atom stereocenters.